The van der Waals surface area contributed by atoms with Crippen molar-refractivity contribution in [1.29, 1.82) is 10.8 Å². The highest BCUT2D eigenvalue weighted by atomic mass is 35.5. The second kappa shape index (κ2) is 14.5. The molecule has 0 spiro atoms. The highest BCUT2D eigenvalue weighted by molar-refractivity contribution is 6.34. The molecule has 0 radical (unpaired) electrons. The molecule has 2 aliphatic heterocycles. The van der Waals surface area contributed by atoms with E-state index in [0.29, 0.717) is 21.4 Å². The maximum absolute atomic E-state index is 9.89. The summed E-state index contributed by atoms with van der Waals surface area (Å²) in [6, 6.07) is 10.5. The van der Waals surface area contributed by atoms with Crippen molar-refractivity contribution in [2.45, 2.75) is 0 Å². The van der Waals surface area contributed by atoms with Crippen LogP contribution in [0.15, 0.2) is 36.4 Å². The zero-order chi connectivity index (χ0) is 24.9. The normalized spacial score (nSPS) is 15.0. The van der Waals surface area contributed by atoms with Crippen LogP contribution in [0, 0.1) is 10.8 Å². The highest BCUT2D eigenvalue weighted by Gasteiger charge is 2.17. The van der Waals surface area contributed by atoms with Crippen LogP contribution in [0.2, 0.25) is 10.0 Å². The molecule has 0 bridgehead atoms. The lowest BCUT2D eigenvalue weighted by atomic mass is 10.2. The molecule has 2 heterocycles. The number of ether oxygens (including phenoxy) is 2. The van der Waals surface area contributed by atoms with E-state index >= 15 is 0 Å². The van der Waals surface area contributed by atoms with E-state index in [4.69, 9.17) is 53.5 Å². The van der Waals surface area contributed by atoms with Crippen LogP contribution in [-0.4, -0.2) is 60.0 Å². The maximum Gasteiger partial charge on any atom is 0.386 e. The molecule has 0 aromatic heterocycles. The Balaban J connectivity index is 0.000000208. The molecular weight excluding hydrogens is 489 g/mol. The summed E-state index contributed by atoms with van der Waals surface area (Å²) in [5, 5.41) is 35.0. The Bertz CT molecular complexity index is 931. The van der Waals surface area contributed by atoms with Gasteiger partial charge in [-0.3, -0.25) is 0 Å². The van der Waals surface area contributed by atoms with E-state index in [1.54, 1.807) is 24.3 Å². The number of halogens is 3. The predicted octanol–water partition coefficient (Wildman–Crippen LogP) is 2.98. The summed E-state index contributed by atoms with van der Waals surface area (Å²) in [6.07, 6.45) is 0. The Labute approximate surface area is 206 Å². The first kappa shape index (κ1) is 27.5. The lowest BCUT2D eigenvalue weighted by molar-refractivity contribution is -0.366. The molecule has 2 saturated heterocycles. The smallest absolute Gasteiger partial charge is 0.386 e. The summed E-state index contributed by atoms with van der Waals surface area (Å²) in [6.45, 7) is 6.27. The maximum atomic E-state index is 9.89. The predicted molar refractivity (Wildman–Crippen MR) is 125 cm³/mol. The van der Waals surface area contributed by atoms with E-state index in [2.05, 4.69) is 19.8 Å². The monoisotopic (exact) mass is 510 g/mol. The summed E-state index contributed by atoms with van der Waals surface area (Å²) in [4.78, 5) is 10.5. The molecule has 0 unspecified atom stereocenters. The van der Waals surface area contributed by atoms with E-state index < -0.39 is 7.40 Å². The molecule has 2 aliphatic rings. The number of morpholine rings is 2. The molecule has 0 atom stereocenters. The second-order valence-electron chi connectivity index (χ2n) is 6.94. The van der Waals surface area contributed by atoms with Crippen molar-refractivity contribution in [3.05, 3.63) is 56.4 Å². The summed E-state index contributed by atoms with van der Waals surface area (Å²) >= 11 is 12.2. The average Bonchev–Trinajstić information content (AvgIpc) is 2.85. The third kappa shape index (κ3) is 8.91. The average molecular weight is 511 g/mol. The number of rotatable bonds is 2. The van der Waals surface area contributed by atoms with Gasteiger partial charge in [0.05, 0.1) is 60.0 Å². The first-order chi connectivity index (χ1) is 16.3. The number of hydrogen-bond donors (Lipinski definition) is 0. The van der Waals surface area contributed by atoms with Crippen LogP contribution in [-0.2, 0) is 9.47 Å². The summed E-state index contributed by atoms with van der Waals surface area (Å²) in [5.74, 6) is 0. The van der Waals surface area contributed by atoms with E-state index in [1.807, 2.05) is 12.1 Å². The second-order valence-corrected chi connectivity index (χ2v) is 7.76. The molecule has 2 fully saturated rings. The zero-order valence-electron chi connectivity index (χ0n) is 18.1. The van der Waals surface area contributed by atoms with Crippen molar-refractivity contribution < 1.29 is 23.8 Å². The van der Waals surface area contributed by atoms with Gasteiger partial charge in [0.1, 0.15) is 7.40 Å². The lowest BCUT2D eigenvalue weighted by Crippen LogP contribution is -2.39. The van der Waals surface area contributed by atoms with Crippen LogP contribution < -0.4 is 19.8 Å². The lowest BCUT2D eigenvalue weighted by Gasteiger charge is -2.29. The highest BCUT2D eigenvalue weighted by Crippen LogP contribution is 2.31. The quantitative estimate of drug-likeness (QED) is 0.445. The zero-order valence-corrected chi connectivity index (χ0v) is 19.7. The van der Waals surface area contributed by atoms with Crippen molar-refractivity contribution in [3.63, 3.8) is 0 Å². The van der Waals surface area contributed by atoms with Gasteiger partial charge >= 0.3 is 11.4 Å². The largest absolute Gasteiger partial charge is 0.867 e. The van der Waals surface area contributed by atoms with Crippen LogP contribution in [0.3, 0.4) is 0 Å². The third-order valence-corrected chi connectivity index (χ3v) is 5.40. The fourth-order valence-electron chi connectivity index (χ4n) is 3.24. The minimum Gasteiger partial charge on any atom is -0.867 e. The molecule has 4 rings (SSSR count). The SMILES string of the molecule is N#[N+]c1ccc(N2CCOCC2)c(Cl)c1.N#[N+]c1ccc(N2CCOCC2)c(Cl)c1.[O-]B([O-])F. The molecule has 2 aromatic carbocycles. The first-order valence-corrected chi connectivity index (χ1v) is 11.0. The van der Waals surface area contributed by atoms with Crippen molar-refractivity contribution in [1.82, 2.24) is 0 Å². The van der Waals surface area contributed by atoms with Crippen molar-refractivity contribution in [3.8, 4) is 0 Å². The van der Waals surface area contributed by atoms with Crippen molar-refractivity contribution in [2.75, 3.05) is 62.4 Å². The molecule has 2 aromatic rings. The van der Waals surface area contributed by atoms with Gasteiger partial charge in [-0.1, -0.05) is 23.2 Å². The minimum absolute atomic E-state index is 0.469. The number of anilines is 2. The molecule has 0 N–H and O–H groups in total. The first-order valence-electron chi connectivity index (χ1n) is 10.3. The molecule has 34 heavy (non-hydrogen) atoms. The van der Waals surface area contributed by atoms with E-state index in [0.717, 1.165) is 64.0 Å². The Hall–Kier alpha value is -2.71. The summed E-state index contributed by atoms with van der Waals surface area (Å²) in [7, 11) is -3.17. The van der Waals surface area contributed by atoms with Crippen molar-refractivity contribution in [2.24, 2.45) is 0 Å². The molecule has 0 aliphatic carbocycles. The van der Waals surface area contributed by atoms with Gasteiger partial charge in [0.25, 0.3) is 0 Å². The van der Waals surface area contributed by atoms with Gasteiger partial charge in [-0.05, 0) is 12.1 Å². The molecule has 180 valence electrons. The standard InChI is InChI=1S/2C10H11ClN3O.BFO2/c2*11-9-7-8(13-12)1-2-10(9)14-3-5-15-6-4-14;2-1(3)4/h2*1-2,7H,3-6H2;/q2*+1;-2. The minimum atomic E-state index is -3.17. The molecular formula is C20H22BCl2FN6O4. The summed E-state index contributed by atoms with van der Waals surface area (Å²) < 4.78 is 20.4. The number of hydrogen-bond acceptors (Lipinski definition) is 8. The van der Waals surface area contributed by atoms with Crippen LogP contribution >= 0.6 is 23.2 Å². The topological polar surface area (TPSA) is 127 Å². The van der Waals surface area contributed by atoms with Crippen LogP contribution in [0.4, 0.5) is 27.1 Å². The van der Waals surface area contributed by atoms with Crippen LogP contribution in [0.25, 0.3) is 9.95 Å². The fraction of sp³-hybridized carbons (Fsp3) is 0.400. The van der Waals surface area contributed by atoms with Gasteiger partial charge in [-0.2, -0.15) is 0 Å². The molecule has 0 saturated carbocycles. The van der Waals surface area contributed by atoms with Gasteiger partial charge in [0, 0.05) is 38.3 Å². The Morgan fingerprint density at radius 1 is 0.765 bits per heavy atom. The van der Waals surface area contributed by atoms with Gasteiger partial charge in [0.15, 0.2) is 9.95 Å². The van der Waals surface area contributed by atoms with Gasteiger partial charge in [-0.15, -0.1) is 0 Å². The van der Waals surface area contributed by atoms with Gasteiger partial charge in [-0.25, -0.2) is 0 Å². The van der Waals surface area contributed by atoms with E-state index in [-0.39, 0.29) is 0 Å². The Morgan fingerprint density at radius 3 is 1.35 bits per heavy atom. The fourth-order valence-corrected chi connectivity index (χ4v) is 3.83. The van der Waals surface area contributed by atoms with Gasteiger partial charge in [0.2, 0.25) is 10.8 Å². The van der Waals surface area contributed by atoms with Crippen molar-refractivity contribution >= 4 is 53.3 Å². The van der Waals surface area contributed by atoms with Gasteiger partial charge < -0.3 is 33.6 Å². The van der Waals surface area contributed by atoms with Crippen LogP contribution in [0.5, 0.6) is 0 Å². The third-order valence-electron chi connectivity index (χ3n) is 4.80. The molecule has 14 heteroatoms. The molecule has 10 nitrogen and oxygen atoms in total. The number of nitrogens with zero attached hydrogens (tertiary/aromatic N) is 6. The van der Waals surface area contributed by atoms with Crippen LogP contribution in [0.1, 0.15) is 0 Å². The summed E-state index contributed by atoms with van der Waals surface area (Å²) in [5.41, 5.74) is 2.87. The Morgan fingerprint density at radius 2 is 1.09 bits per heavy atom. The number of benzene rings is 2. The van der Waals surface area contributed by atoms with E-state index in [1.165, 1.54) is 0 Å². The molecule has 0 amide bonds. The van der Waals surface area contributed by atoms with E-state index in [9.17, 15) is 4.32 Å². The number of diazo groups is 2. The Kier molecular flexibility index (Phi) is 11.8.